The molecule has 2 aromatic rings. The molecule has 1 N–H and O–H groups in total. The van der Waals surface area contributed by atoms with Gasteiger partial charge in [-0.3, -0.25) is 4.68 Å². The number of nitrogens with one attached hydrogen (secondary N) is 1. The lowest BCUT2D eigenvalue weighted by Crippen LogP contribution is -2.25. The van der Waals surface area contributed by atoms with Crippen LogP contribution < -0.4 is 9.46 Å². The largest absolute Gasteiger partial charge is 0.481 e. The Morgan fingerprint density at radius 2 is 2.20 bits per heavy atom. The highest BCUT2D eigenvalue weighted by molar-refractivity contribution is 9.10. The Morgan fingerprint density at radius 1 is 1.40 bits per heavy atom. The third-order valence-corrected chi connectivity index (χ3v) is 5.28. The van der Waals surface area contributed by atoms with Crippen molar-refractivity contribution < 1.29 is 22.7 Å². The molecule has 0 aliphatic carbocycles. The summed E-state index contributed by atoms with van der Waals surface area (Å²) in [6.45, 7) is 0.660. The highest BCUT2D eigenvalue weighted by atomic mass is 79.9. The molecule has 0 saturated heterocycles. The maximum absolute atomic E-state index is 12.3. The van der Waals surface area contributed by atoms with Crippen molar-refractivity contribution in [2.24, 2.45) is 0 Å². The summed E-state index contributed by atoms with van der Waals surface area (Å²) in [6, 6.07) is 6.12. The van der Waals surface area contributed by atoms with Gasteiger partial charge in [-0.15, -0.1) is 0 Å². The van der Waals surface area contributed by atoms with Crippen molar-refractivity contribution in [1.29, 1.82) is 0 Å². The number of rotatable bonds is 9. The Labute approximate surface area is 154 Å². The summed E-state index contributed by atoms with van der Waals surface area (Å²) in [5, 5.41) is 4.05. The van der Waals surface area contributed by atoms with Crippen LogP contribution in [0.3, 0.4) is 0 Å². The molecule has 1 aromatic carbocycles. The molecule has 25 heavy (non-hydrogen) atoms. The van der Waals surface area contributed by atoms with Gasteiger partial charge in [0, 0.05) is 25.5 Å². The molecule has 2 rings (SSSR count). The van der Waals surface area contributed by atoms with E-state index in [0.29, 0.717) is 29.7 Å². The smallest absolute Gasteiger partial charge is 0.343 e. The van der Waals surface area contributed by atoms with E-state index in [2.05, 4.69) is 30.5 Å². The van der Waals surface area contributed by atoms with E-state index in [1.54, 1.807) is 10.9 Å². The van der Waals surface area contributed by atoms with Gasteiger partial charge in [0.1, 0.15) is 5.75 Å². The predicted molar refractivity (Wildman–Crippen MR) is 93.7 cm³/mol. The molecule has 0 saturated carbocycles. The first-order chi connectivity index (χ1) is 11.9. The van der Waals surface area contributed by atoms with E-state index >= 15 is 0 Å². The molecule has 0 spiro atoms. The third kappa shape index (κ3) is 5.83. The minimum Gasteiger partial charge on any atom is -0.481 e. The fourth-order valence-electron chi connectivity index (χ4n) is 1.93. The van der Waals surface area contributed by atoms with Gasteiger partial charge in [-0.2, -0.15) is 5.10 Å². The quantitative estimate of drug-likeness (QED) is 0.477. The van der Waals surface area contributed by atoms with Gasteiger partial charge in [0.15, 0.2) is 6.61 Å². The van der Waals surface area contributed by atoms with Gasteiger partial charge in [0.05, 0.1) is 16.5 Å². The van der Waals surface area contributed by atoms with E-state index in [1.165, 1.54) is 25.3 Å². The van der Waals surface area contributed by atoms with Crippen molar-refractivity contribution in [2.75, 3.05) is 20.3 Å². The highest BCUT2D eigenvalue weighted by Gasteiger charge is 2.16. The summed E-state index contributed by atoms with van der Waals surface area (Å²) < 4.78 is 39.0. The number of methoxy groups -OCH3 is 1. The predicted octanol–water partition coefficient (Wildman–Crippen LogP) is 1.57. The van der Waals surface area contributed by atoms with Crippen molar-refractivity contribution in [3.05, 3.63) is 41.1 Å². The molecule has 0 amide bonds. The van der Waals surface area contributed by atoms with Gasteiger partial charge in [-0.05, 0) is 46.6 Å². The number of ether oxygens (including phenoxy) is 2. The van der Waals surface area contributed by atoms with E-state index in [-0.39, 0.29) is 11.5 Å². The first-order valence-corrected chi connectivity index (χ1v) is 9.66. The number of carbonyl (C=O) groups is 1. The average molecular weight is 432 g/mol. The monoisotopic (exact) mass is 431 g/mol. The molecule has 0 bridgehead atoms. The average Bonchev–Trinajstić information content (AvgIpc) is 3.10. The van der Waals surface area contributed by atoms with Crippen molar-refractivity contribution in [2.45, 2.75) is 17.9 Å². The zero-order chi connectivity index (χ0) is 18.3. The lowest BCUT2D eigenvalue weighted by atomic mass is 10.3. The fraction of sp³-hybridized carbons (Fsp3) is 0.333. The van der Waals surface area contributed by atoms with Crippen molar-refractivity contribution >= 4 is 31.9 Å². The number of aromatic nitrogens is 2. The van der Waals surface area contributed by atoms with Crippen molar-refractivity contribution in [3.8, 4) is 5.75 Å². The summed E-state index contributed by atoms with van der Waals surface area (Å²) in [7, 11) is -2.38. The topological polar surface area (TPSA) is 99.5 Å². The van der Waals surface area contributed by atoms with E-state index in [1.807, 2.05) is 12.3 Å². The Kier molecular flexibility index (Phi) is 6.97. The van der Waals surface area contributed by atoms with Crippen LogP contribution in [0.25, 0.3) is 0 Å². The van der Waals surface area contributed by atoms with E-state index < -0.39 is 16.0 Å². The Hall–Kier alpha value is -1.91. The first-order valence-electron chi connectivity index (χ1n) is 7.38. The number of sulfonamides is 1. The molecule has 1 aromatic heterocycles. The third-order valence-electron chi connectivity index (χ3n) is 3.20. The van der Waals surface area contributed by atoms with Gasteiger partial charge in [0.2, 0.25) is 10.0 Å². The molecular weight excluding hydrogens is 414 g/mol. The van der Waals surface area contributed by atoms with Crippen molar-refractivity contribution in [3.63, 3.8) is 0 Å². The number of esters is 1. The number of carbonyl (C=O) groups excluding carboxylic acids is 1. The number of aryl methyl sites for hydroxylation is 1. The van der Waals surface area contributed by atoms with Gasteiger partial charge in [-0.25, -0.2) is 17.9 Å². The molecule has 1 heterocycles. The lowest BCUT2D eigenvalue weighted by molar-refractivity contribution is -0.142. The first kappa shape index (κ1) is 19.4. The number of benzene rings is 1. The second-order valence-corrected chi connectivity index (χ2v) is 7.60. The number of hydrogen-bond acceptors (Lipinski definition) is 6. The van der Waals surface area contributed by atoms with Crippen LogP contribution in [-0.2, 0) is 26.1 Å². The number of halogens is 1. The molecule has 0 aliphatic rings. The van der Waals surface area contributed by atoms with Crippen LogP contribution in [0, 0.1) is 0 Å². The summed E-state index contributed by atoms with van der Waals surface area (Å²) in [5.74, 6) is -0.175. The molecule has 10 heteroatoms. The van der Waals surface area contributed by atoms with E-state index in [4.69, 9.17) is 4.74 Å². The van der Waals surface area contributed by atoms with Crippen LogP contribution in [-0.4, -0.2) is 44.4 Å². The zero-order valence-electron chi connectivity index (χ0n) is 13.5. The summed E-state index contributed by atoms with van der Waals surface area (Å²) in [6.07, 6.45) is 4.10. The molecule has 0 radical (unpaired) electrons. The highest BCUT2D eigenvalue weighted by Crippen LogP contribution is 2.27. The maximum atomic E-state index is 12.3. The molecule has 0 atom stereocenters. The lowest BCUT2D eigenvalue weighted by Gasteiger charge is -2.10. The van der Waals surface area contributed by atoms with Gasteiger partial charge >= 0.3 is 5.97 Å². The minimum absolute atomic E-state index is 0.101. The molecular formula is C15H18BrN3O5S. The molecule has 8 nitrogen and oxygen atoms in total. The normalized spacial score (nSPS) is 11.3. The maximum Gasteiger partial charge on any atom is 0.343 e. The van der Waals surface area contributed by atoms with Crippen LogP contribution in [0.15, 0.2) is 46.0 Å². The SMILES string of the molecule is COC(=O)COc1ccc(S(=O)(=O)NCCCn2cccn2)cc1Br. The van der Waals surface area contributed by atoms with Crippen LogP contribution in [0.4, 0.5) is 0 Å². The molecule has 136 valence electrons. The van der Waals surface area contributed by atoms with Crippen LogP contribution in [0.5, 0.6) is 5.75 Å². The summed E-state index contributed by atoms with van der Waals surface area (Å²) >= 11 is 3.24. The van der Waals surface area contributed by atoms with Gasteiger partial charge < -0.3 is 9.47 Å². The van der Waals surface area contributed by atoms with E-state index in [0.717, 1.165) is 0 Å². The minimum atomic E-state index is -3.63. The second kappa shape index (κ2) is 8.97. The number of nitrogens with zero attached hydrogens (tertiary/aromatic N) is 2. The Bertz CT molecular complexity index is 809. The number of hydrogen-bond donors (Lipinski definition) is 1. The Balaban J connectivity index is 1.92. The van der Waals surface area contributed by atoms with Crippen LogP contribution in [0.2, 0.25) is 0 Å². The van der Waals surface area contributed by atoms with Crippen molar-refractivity contribution in [1.82, 2.24) is 14.5 Å². The van der Waals surface area contributed by atoms with E-state index in [9.17, 15) is 13.2 Å². The molecule has 0 aliphatic heterocycles. The fourth-order valence-corrected chi connectivity index (χ4v) is 3.67. The summed E-state index contributed by atoms with van der Waals surface area (Å²) in [5.41, 5.74) is 0. The van der Waals surface area contributed by atoms with Gasteiger partial charge in [-0.1, -0.05) is 0 Å². The zero-order valence-corrected chi connectivity index (χ0v) is 15.9. The standard InChI is InChI=1S/C15H18BrN3O5S/c1-23-15(20)11-24-14-5-4-12(10-13(14)16)25(21,22)18-7-3-9-19-8-2-6-17-19/h2,4-6,8,10,18H,3,7,9,11H2,1H3. The van der Waals surface area contributed by atoms with Gasteiger partial charge in [0.25, 0.3) is 0 Å². The molecule has 0 fully saturated rings. The van der Waals surface area contributed by atoms with Crippen LogP contribution >= 0.6 is 15.9 Å². The van der Waals surface area contributed by atoms with Crippen LogP contribution in [0.1, 0.15) is 6.42 Å². The summed E-state index contributed by atoms with van der Waals surface area (Å²) in [4.78, 5) is 11.2. The molecule has 0 unspecified atom stereocenters. The second-order valence-electron chi connectivity index (χ2n) is 4.98. The Morgan fingerprint density at radius 3 is 2.84 bits per heavy atom.